The molecule has 2 amide bonds. The van der Waals surface area contributed by atoms with Gasteiger partial charge < -0.3 is 10.6 Å². The minimum absolute atomic E-state index is 0.0142. The first-order valence-electron chi connectivity index (χ1n) is 10.3. The fourth-order valence-corrected chi connectivity index (χ4v) is 3.82. The maximum atomic E-state index is 13.4. The molecule has 1 saturated heterocycles. The first-order valence-corrected chi connectivity index (χ1v) is 10.3. The number of halogens is 1. The number of hydrogen-bond acceptors (Lipinski definition) is 3. The largest absolute Gasteiger partial charge is 0.326 e. The second-order valence-corrected chi connectivity index (χ2v) is 8.04. The van der Waals surface area contributed by atoms with Crippen LogP contribution in [-0.2, 0) is 16.1 Å². The highest BCUT2D eigenvalue weighted by atomic mass is 19.1. The number of amides is 2. The summed E-state index contributed by atoms with van der Waals surface area (Å²) < 4.78 is 13.4. The summed E-state index contributed by atoms with van der Waals surface area (Å²) in [6, 6.07) is 13.9. The van der Waals surface area contributed by atoms with Gasteiger partial charge in [-0.25, -0.2) is 4.39 Å². The minimum atomic E-state index is -0.234. The van der Waals surface area contributed by atoms with E-state index in [1.165, 1.54) is 6.07 Å². The van der Waals surface area contributed by atoms with Crippen LogP contribution in [0, 0.1) is 17.7 Å². The first-order chi connectivity index (χ1) is 14.1. The second kappa shape index (κ2) is 8.74. The molecule has 0 bridgehead atoms. The van der Waals surface area contributed by atoms with E-state index >= 15 is 0 Å². The SMILES string of the molecule is O=C(Nc1cccc(NC(=O)C2CCCN(Cc3cccc(F)c3)C2)c1)C1CC1. The van der Waals surface area contributed by atoms with Crippen molar-refractivity contribution in [2.45, 2.75) is 32.2 Å². The number of carbonyl (C=O) groups is 2. The highest BCUT2D eigenvalue weighted by molar-refractivity contribution is 5.96. The lowest BCUT2D eigenvalue weighted by atomic mass is 9.96. The van der Waals surface area contributed by atoms with Gasteiger partial charge in [-0.1, -0.05) is 18.2 Å². The zero-order valence-corrected chi connectivity index (χ0v) is 16.4. The van der Waals surface area contributed by atoms with Crippen LogP contribution in [0.3, 0.4) is 0 Å². The van der Waals surface area contributed by atoms with Crippen LogP contribution in [0.4, 0.5) is 15.8 Å². The number of likely N-dealkylation sites (tertiary alicyclic amines) is 1. The van der Waals surface area contributed by atoms with E-state index < -0.39 is 0 Å². The highest BCUT2D eigenvalue weighted by Gasteiger charge is 2.29. The molecule has 6 heteroatoms. The Labute approximate surface area is 170 Å². The summed E-state index contributed by atoms with van der Waals surface area (Å²) in [6.45, 7) is 2.20. The highest BCUT2D eigenvalue weighted by Crippen LogP contribution is 2.30. The van der Waals surface area contributed by atoms with Crippen molar-refractivity contribution >= 4 is 23.2 Å². The third kappa shape index (κ3) is 5.41. The van der Waals surface area contributed by atoms with E-state index in [-0.39, 0.29) is 29.5 Å². The lowest BCUT2D eigenvalue weighted by Crippen LogP contribution is -2.40. The Morgan fingerprint density at radius 3 is 2.31 bits per heavy atom. The maximum absolute atomic E-state index is 13.4. The van der Waals surface area contributed by atoms with E-state index in [1.807, 2.05) is 24.3 Å². The molecule has 2 aromatic carbocycles. The van der Waals surface area contributed by atoms with Crippen molar-refractivity contribution in [3.63, 3.8) is 0 Å². The van der Waals surface area contributed by atoms with E-state index in [4.69, 9.17) is 0 Å². The molecule has 1 heterocycles. The van der Waals surface area contributed by atoms with Gasteiger partial charge in [-0.15, -0.1) is 0 Å². The van der Waals surface area contributed by atoms with Gasteiger partial charge in [0.2, 0.25) is 11.8 Å². The number of piperidine rings is 1. The molecule has 2 fully saturated rings. The van der Waals surface area contributed by atoms with Gasteiger partial charge in [0.05, 0.1) is 5.92 Å². The number of carbonyl (C=O) groups excluding carboxylic acids is 2. The van der Waals surface area contributed by atoms with E-state index in [0.29, 0.717) is 24.5 Å². The molecular formula is C23H26FN3O2. The fourth-order valence-electron chi connectivity index (χ4n) is 3.82. The zero-order chi connectivity index (χ0) is 20.2. The summed E-state index contributed by atoms with van der Waals surface area (Å²) >= 11 is 0. The smallest absolute Gasteiger partial charge is 0.228 e. The van der Waals surface area contributed by atoms with Gasteiger partial charge in [0.25, 0.3) is 0 Å². The molecule has 0 aromatic heterocycles. The van der Waals surface area contributed by atoms with Gasteiger partial charge in [-0.2, -0.15) is 0 Å². The van der Waals surface area contributed by atoms with Crippen molar-refractivity contribution < 1.29 is 14.0 Å². The molecule has 1 unspecified atom stereocenters. The van der Waals surface area contributed by atoms with Crippen molar-refractivity contribution in [2.75, 3.05) is 23.7 Å². The Morgan fingerprint density at radius 2 is 1.62 bits per heavy atom. The first kappa shape index (κ1) is 19.6. The van der Waals surface area contributed by atoms with Crippen LogP contribution in [0.1, 0.15) is 31.2 Å². The van der Waals surface area contributed by atoms with Crippen LogP contribution in [0.25, 0.3) is 0 Å². The number of rotatable bonds is 6. The summed E-state index contributed by atoms with van der Waals surface area (Å²) in [4.78, 5) is 26.9. The molecule has 29 heavy (non-hydrogen) atoms. The Morgan fingerprint density at radius 1 is 0.931 bits per heavy atom. The Balaban J connectivity index is 1.33. The number of hydrogen-bond donors (Lipinski definition) is 2. The van der Waals surface area contributed by atoms with Crippen LogP contribution in [0.2, 0.25) is 0 Å². The van der Waals surface area contributed by atoms with Crippen molar-refractivity contribution in [3.8, 4) is 0 Å². The molecule has 1 aliphatic carbocycles. The van der Waals surface area contributed by atoms with Crippen molar-refractivity contribution in [3.05, 3.63) is 59.9 Å². The number of nitrogens with one attached hydrogen (secondary N) is 2. The number of nitrogens with zero attached hydrogens (tertiary/aromatic N) is 1. The average Bonchev–Trinajstić information content (AvgIpc) is 3.54. The Bertz CT molecular complexity index is 897. The van der Waals surface area contributed by atoms with Gasteiger partial charge >= 0.3 is 0 Å². The van der Waals surface area contributed by atoms with E-state index in [1.54, 1.807) is 18.2 Å². The molecule has 0 radical (unpaired) electrons. The summed E-state index contributed by atoms with van der Waals surface area (Å²) in [6.07, 6.45) is 3.68. The van der Waals surface area contributed by atoms with Gasteiger partial charge in [0, 0.05) is 30.4 Å². The molecule has 5 nitrogen and oxygen atoms in total. The molecule has 0 spiro atoms. The third-order valence-electron chi connectivity index (χ3n) is 5.52. The molecule has 2 aliphatic rings. The van der Waals surface area contributed by atoms with Gasteiger partial charge in [-0.3, -0.25) is 14.5 Å². The molecule has 4 rings (SSSR count). The standard InChI is InChI=1S/C23H26FN3O2/c24-19-6-1-4-16(12-19)14-27-11-3-5-18(15-27)23(29)26-21-8-2-7-20(13-21)25-22(28)17-9-10-17/h1-2,4,6-8,12-13,17-18H,3,5,9-11,14-15H2,(H,25,28)(H,26,29). The van der Waals surface area contributed by atoms with Crippen LogP contribution in [0.5, 0.6) is 0 Å². The Kier molecular flexibility index (Phi) is 5.90. The molecule has 1 saturated carbocycles. The summed E-state index contributed by atoms with van der Waals surface area (Å²) in [7, 11) is 0. The minimum Gasteiger partial charge on any atom is -0.326 e. The van der Waals surface area contributed by atoms with Crippen LogP contribution < -0.4 is 10.6 Å². The van der Waals surface area contributed by atoms with Gasteiger partial charge in [0.15, 0.2) is 0 Å². The predicted molar refractivity (Wildman–Crippen MR) is 111 cm³/mol. The molecular weight excluding hydrogens is 369 g/mol. The van der Waals surface area contributed by atoms with E-state index in [2.05, 4.69) is 15.5 Å². The van der Waals surface area contributed by atoms with Crippen molar-refractivity contribution in [1.29, 1.82) is 0 Å². The van der Waals surface area contributed by atoms with Crippen LogP contribution in [0.15, 0.2) is 48.5 Å². The average molecular weight is 395 g/mol. The summed E-state index contributed by atoms with van der Waals surface area (Å²) in [5.41, 5.74) is 2.31. The Hall–Kier alpha value is -2.73. The van der Waals surface area contributed by atoms with Crippen LogP contribution in [-0.4, -0.2) is 29.8 Å². The molecule has 152 valence electrons. The van der Waals surface area contributed by atoms with Crippen molar-refractivity contribution in [1.82, 2.24) is 4.90 Å². The molecule has 2 N–H and O–H groups in total. The predicted octanol–water partition coefficient (Wildman–Crippen LogP) is 4.02. The summed E-state index contributed by atoms with van der Waals surface area (Å²) in [5, 5.41) is 5.89. The lowest BCUT2D eigenvalue weighted by Gasteiger charge is -2.32. The third-order valence-corrected chi connectivity index (χ3v) is 5.52. The second-order valence-electron chi connectivity index (χ2n) is 8.04. The zero-order valence-electron chi connectivity index (χ0n) is 16.4. The van der Waals surface area contributed by atoms with Gasteiger partial charge in [-0.05, 0) is 68.1 Å². The number of anilines is 2. The molecule has 1 aliphatic heterocycles. The monoisotopic (exact) mass is 395 g/mol. The normalized spacial score (nSPS) is 19.6. The van der Waals surface area contributed by atoms with Gasteiger partial charge in [0.1, 0.15) is 5.82 Å². The molecule has 2 aromatic rings. The van der Waals surface area contributed by atoms with Crippen LogP contribution >= 0.6 is 0 Å². The van der Waals surface area contributed by atoms with E-state index in [0.717, 1.165) is 37.8 Å². The quantitative estimate of drug-likeness (QED) is 0.776. The topological polar surface area (TPSA) is 61.4 Å². The maximum Gasteiger partial charge on any atom is 0.228 e. The fraction of sp³-hybridized carbons (Fsp3) is 0.391. The molecule has 1 atom stereocenters. The van der Waals surface area contributed by atoms with E-state index in [9.17, 15) is 14.0 Å². The lowest BCUT2D eigenvalue weighted by molar-refractivity contribution is -0.121. The van der Waals surface area contributed by atoms with Crippen molar-refractivity contribution in [2.24, 2.45) is 11.8 Å². The summed E-state index contributed by atoms with van der Waals surface area (Å²) in [5.74, 6) is -0.169. The number of benzene rings is 2.